The number of allylic oxidation sites excluding steroid dienone is 2. The van der Waals surface area contributed by atoms with Crippen molar-refractivity contribution in [1.29, 1.82) is 0 Å². The van der Waals surface area contributed by atoms with Crippen LogP contribution in [0.1, 0.15) is 25.5 Å². The summed E-state index contributed by atoms with van der Waals surface area (Å²) in [7, 11) is 0. The minimum atomic E-state index is 0.699. The Kier molecular flexibility index (Phi) is 6.16. The Morgan fingerprint density at radius 2 is 2.24 bits per heavy atom. The van der Waals surface area contributed by atoms with E-state index in [1.807, 2.05) is 37.4 Å². The van der Waals surface area contributed by atoms with Gasteiger partial charge in [0.15, 0.2) is 0 Å². The molecule has 0 bridgehead atoms. The van der Waals surface area contributed by atoms with Crippen LogP contribution in [0.3, 0.4) is 0 Å². The number of aromatic nitrogens is 1. The molecule has 0 amide bonds. The van der Waals surface area contributed by atoms with E-state index in [0.717, 1.165) is 24.4 Å². The monoisotopic (exact) mass is 284 g/mol. The first-order valence-electron chi connectivity index (χ1n) is 7.56. The molecule has 0 saturated carbocycles. The van der Waals surface area contributed by atoms with Gasteiger partial charge in [-0.3, -0.25) is 4.98 Å². The van der Waals surface area contributed by atoms with Gasteiger partial charge in [-0.2, -0.15) is 0 Å². The summed E-state index contributed by atoms with van der Waals surface area (Å²) >= 11 is 0. The van der Waals surface area contributed by atoms with Gasteiger partial charge in [0, 0.05) is 31.1 Å². The van der Waals surface area contributed by atoms with Crippen LogP contribution in [-0.4, -0.2) is 42.3 Å². The highest BCUT2D eigenvalue weighted by Gasteiger charge is 2.09. The van der Waals surface area contributed by atoms with Crippen LogP contribution in [0.2, 0.25) is 0 Å². The number of hydrogen-bond donors (Lipinski definition) is 1. The zero-order valence-corrected chi connectivity index (χ0v) is 12.8. The van der Waals surface area contributed by atoms with Crippen molar-refractivity contribution in [2.45, 2.75) is 19.8 Å². The summed E-state index contributed by atoms with van der Waals surface area (Å²) in [4.78, 5) is 11.2. The van der Waals surface area contributed by atoms with E-state index in [1.165, 1.54) is 25.9 Å². The largest absolute Gasteiger partial charge is 0.369 e. The molecule has 0 aliphatic carbocycles. The van der Waals surface area contributed by atoms with Gasteiger partial charge in [0.05, 0.1) is 5.69 Å². The number of nitrogens with zero attached hydrogens (tertiary/aromatic N) is 3. The van der Waals surface area contributed by atoms with Crippen molar-refractivity contribution in [2.24, 2.45) is 4.99 Å². The maximum atomic E-state index is 4.38. The predicted octanol–water partition coefficient (Wildman–Crippen LogP) is 2.71. The third kappa shape index (κ3) is 5.16. The Labute approximate surface area is 127 Å². The minimum Gasteiger partial charge on any atom is -0.369 e. The second-order valence-electron chi connectivity index (χ2n) is 5.14. The van der Waals surface area contributed by atoms with Crippen molar-refractivity contribution >= 4 is 11.8 Å². The molecule has 4 heteroatoms. The number of hydrogen-bond acceptors (Lipinski definition) is 4. The zero-order valence-electron chi connectivity index (χ0n) is 12.8. The van der Waals surface area contributed by atoms with Crippen LogP contribution in [0.25, 0.3) is 5.57 Å². The summed E-state index contributed by atoms with van der Waals surface area (Å²) in [5.74, 6) is 0.699. The van der Waals surface area contributed by atoms with E-state index in [-0.39, 0.29) is 0 Å². The molecule has 1 saturated heterocycles. The standard InChI is InChI=1S/C17H24N4/c1-3-16(17-8-4-5-9-19-17)14-20-15(2)18-10-13-21-11-6-7-12-21/h3-5,8-9,14,18H,2,6-7,10-13H2,1H3/b16-3+,20-14-. The Bertz CT molecular complexity index is 499. The Hall–Kier alpha value is -1.94. The van der Waals surface area contributed by atoms with Crippen LogP contribution >= 0.6 is 0 Å². The van der Waals surface area contributed by atoms with Crippen LogP contribution in [0.5, 0.6) is 0 Å². The lowest BCUT2D eigenvalue weighted by Crippen LogP contribution is -2.29. The van der Waals surface area contributed by atoms with Crippen LogP contribution in [0.15, 0.2) is 47.9 Å². The third-order valence-corrected chi connectivity index (χ3v) is 3.59. The van der Waals surface area contributed by atoms with E-state index in [4.69, 9.17) is 0 Å². The van der Waals surface area contributed by atoms with Crippen molar-refractivity contribution in [1.82, 2.24) is 15.2 Å². The second-order valence-corrected chi connectivity index (χ2v) is 5.14. The molecule has 0 aromatic carbocycles. The predicted molar refractivity (Wildman–Crippen MR) is 89.2 cm³/mol. The first kappa shape index (κ1) is 15.4. The molecule has 1 N–H and O–H groups in total. The molecule has 1 fully saturated rings. The average Bonchev–Trinajstić information content (AvgIpc) is 3.02. The summed E-state index contributed by atoms with van der Waals surface area (Å²) in [5, 5.41) is 3.26. The first-order valence-corrected chi connectivity index (χ1v) is 7.56. The highest BCUT2D eigenvalue weighted by atomic mass is 15.2. The van der Waals surface area contributed by atoms with Gasteiger partial charge in [-0.15, -0.1) is 0 Å². The van der Waals surface area contributed by atoms with Crippen LogP contribution in [-0.2, 0) is 0 Å². The lowest BCUT2D eigenvalue weighted by atomic mass is 10.2. The third-order valence-electron chi connectivity index (χ3n) is 3.59. The zero-order chi connectivity index (χ0) is 14.9. The van der Waals surface area contributed by atoms with Crippen molar-refractivity contribution < 1.29 is 0 Å². The smallest absolute Gasteiger partial charge is 0.118 e. The topological polar surface area (TPSA) is 40.5 Å². The van der Waals surface area contributed by atoms with Crippen LogP contribution < -0.4 is 5.32 Å². The number of nitrogens with one attached hydrogen (secondary N) is 1. The molecule has 112 valence electrons. The van der Waals surface area contributed by atoms with Crippen LogP contribution in [0.4, 0.5) is 0 Å². The number of rotatable bonds is 7. The van der Waals surface area contributed by atoms with Crippen LogP contribution in [0, 0.1) is 0 Å². The minimum absolute atomic E-state index is 0.699. The van der Waals surface area contributed by atoms with E-state index in [1.54, 1.807) is 6.20 Å². The molecular formula is C17H24N4. The van der Waals surface area contributed by atoms with Gasteiger partial charge in [0.1, 0.15) is 5.82 Å². The molecule has 4 nitrogen and oxygen atoms in total. The van der Waals surface area contributed by atoms with E-state index in [9.17, 15) is 0 Å². The van der Waals surface area contributed by atoms with Gasteiger partial charge in [-0.1, -0.05) is 18.7 Å². The summed E-state index contributed by atoms with van der Waals surface area (Å²) in [6.45, 7) is 10.3. The Morgan fingerprint density at radius 1 is 1.43 bits per heavy atom. The molecule has 1 aliphatic heterocycles. The second kappa shape index (κ2) is 8.37. The summed E-state index contributed by atoms with van der Waals surface area (Å²) < 4.78 is 0. The lowest BCUT2D eigenvalue weighted by Gasteiger charge is -2.14. The molecule has 2 rings (SSSR count). The Morgan fingerprint density at radius 3 is 2.90 bits per heavy atom. The normalized spacial score (nSPS) is 16.5. The van der Waals surface area contributed by atoms with E-state index in [0.29, 0.717) is 5.82 Å². The number of aliphatic imine (C=N–C) groups is 1. The number of likely N-dealkylation sites (tertiary alicyclic amines) is 1. The molecule has 21 heavy (non-hydrogen) atoms. The van der Waals surface area contributed by atoms with Gasteiger partial charge in [0.25, 0.3) is 0 Å². The maximum Gasteiger partial charge on any atom is 0.118 e. The summed E-state index contributed by atoms with van der Waals surface area (Å²) in [6, 6.07) is 5.86. The fourth-order valence-corrected chi connectivity index (χ4v) is 2.38. The van der Waals surface area contributed by atoms with Gasteiger partial charge in [-0.25, -0.2) is 4.99 Å². The molecule has 1 aliphatic rings. The summed E-state index contributed by atoms with van der Waals surface area (Å²) in [5.41, 5.74) is 1.92. The van der Waals surface area contributed by atoms with Crippen molar-refractivity contribution in [2.75, 3.05) is 26.2 Å². The number of pyridine rings is 1. The van der Waals surface area contributed by atoms with Gasteiger partial charge >= 0.3 is 0 Å². The highest BCUT2D eigenvalue weighted by molar-refractivity contribution is 6.09. The average molecular weight is 284 g/mol. The first-order chi connectivity index (χ1) is 10.3. The van der Waals surface area contributed by atoms with Gasteiger partial charge in [-0.05, 0) is 45.0 Å². The molecular weight excluding hydrogens is 260 g/mol. The molecule has 2 heterocycles. The molecule has 0 unspecified atom stereocenters. The van der Waals surface area contributed by atoms with Crippen molar-refractivity contribution in [3.8, 4) is 0 Å². The molecule has 0 spiro atoms. The maximum absolute atomic E-state index is 4.38. The fourth-order valence-electron chi connectivity index (χ4n) is 2.38. The van der Waals surface area contributed by atoms with Gasteiger partial charge < -0.3 is 10.2 Å². The quantitative estimate of drug-likeness (QED) is 0.783. The van der Waals surface area contributed by atoms with E-state index >= 15 is 0 Å². The Balaban J connectivity index is 1.78. The van der Waals surface area contributed by atoms with Crippen molar-refractivity contribution in [3.63, 3.8) is 0 Å². The molecule has 0 atom stereocenters. The summed E-state index contributed by atoms with van der Waals surface area (Å²) in [6.07, 6.45) is 8.26. The molecule has 1 aromatic heterocycles. The molecule has 1 aromatic rings. The van der Waals surface area contributed by atoms with Gasteiger partial charge in [0.2, 0.25) is 0 Å². The van der Waals surface area contributed by atoms with E-state index in [2.05, 4.69) is 26.8 Å². The fraction of sp³-hybridized carbons (Fsp3) is 0.412. The lowest BCUT2D eigenvalue weighted by molar-refractivity contribution is 0.340. The molecule has 0 radical (unpaired) electrons. The van der Waals surface area contributed by atoms with E-state index < -0.39 is 0 Å². The SMILES string of the molecule is C=C(/N=C\C(=C/C)c1ccccn1)NCCN1CCCC1. The highest BCUT2D eigenvalue weighted by Crippen LogP contribution is 2.09. The van der Waals surface area contributed by atoms with Crippen molar-refractivity contribution in [3.05, 3.63) is 48.6 Å².